The highest BCUT2D eigenvalue weighted by Crippen LogP contribution is 2.36. The van der Waals surface area contributed by atoms with E-state index in [9.17, 15) is 18.0 Å². The Morgan fingerprint density at radius 1 is 1.03 bits per heavy atom. The first kappa shape index (κ1) is 22.1. The Labute approximate surface area is 185 Å². The number of alkyl halides is 3. The summed E-state index contributed by atoms with van der Waals surface area (Å²) >= 11 is 0. The number of anilines is 1. The molecule has 4 nitrogen and oxygen atoms in total. The summed E-state index contributed by atoms with van der Waals surface area (Å²) in [5.41, 5.74) is 0.980. The fourth-order valence-corrected chi connectivity index (χ4v) is 4.46. The van der Waals surface area contributed by atoms with E-state index in [2.05, 4.69) is 10.3 Å². The van der Waals surface area contributed by atoms with Gasteiger partial charge in [-0.25, -0.2) is 4.98 Å². The van der Waals surface area contributed by atoms with Crippen molar-refractivity contribution in [3.8, 4) is 0 Å². The van der Waals surface area contributed by atoms with Crippen LogP contribution < -0.4 is 10.2 Å². The Morgan fingerprint density at radius 2 is 1.69 bits per heavy atom. The van der Waals surface area contributed by atoms with Crippen molar-refractivity contribution in [1.29, 1.82) is 0 Å². The van der Waals surface area contributed by atoms with Gasteiger partial charge >= 0.3 is 6.18 Å². The van der Waals surface area contributed by atoms with Gasteiger partial charge in [-0.15, -0.1) is 0 Å². The number of nitrogens with zero attached hydrogens (tertiary/aromatic N) is 2. The second kappa shape index (κ2) is 9.18. The van der Waals surface area contributed by atoms with Gasteiger partial charge in [0.25, 0.3) is 0 Å². The third kappa shape index (κ3) is 5.03. The smallest absolute Gasteiger partial charge is 0.371 e. The highest BCUT2D eigenvalue weighted by molar-refractivity contribution is 5.92. The maximum Gasteiger partial charge on any atom is 0.433 e. The molecule has 0 radical (unpaired) electrons. The molecular weight excluding hydrogens is 415 g/mol. The van der Waals surface area contributed by atoms with Crippen molar-refractivity contribution in [3.05, 3.63) is 71.9 Å². The second-order valence-electron chi connectivity index (χ2n) is 8.39. The summed E-state index contributed by atoms with van der Waals surface area (Å²) in [6, 6.07) is 17.9. The van der Waals surface area contributed by atoms with Crippen LogP contribution in [0.15, 0.2) is 60.7 Å². The maximum absolute atomic E-state index is 13.4. The van der Waals surface area contributed by atoms with Gasteiger partial charge in [0.2, 0.25) is 5.91 Å². The minimum absolute atomic E-state index is 0.00273. The number of amides is 1. The Bertz CT molecular complexity index is 1080. The number of benzene rings is 2. The summed E-state index contributed by atoms with van der Waals surface area (Å²) in [6.45, 7) is 0. The maximum atomic E-state index is 13.4. The molecule has 1 saturated carbocycles. The van der Waals surface area contributed by atoms with Gasteiger partial charge in [-0.2, -0.15) is 13.2 Å². The lowest BCUT2D eigenvalue weighted by molar-refractivity contribution is -0.140. The van der Waals surface area contributed by atoms with Crippen LogP contribution >= 0.6 is 0 Å². The highest BCUT2D eigenvalue weighted by atomic mass is 19.4. The molecule has 4 rings (SSSR count). The number of hydrogen-bond acceptors (Lipinski definition) is 3. The number of halogens is 3. The van der Waals surface area contributed by atoms with Gasteiger partial charge in [-0.1, -0.05) is 48.5 Å². The number of rotatable bonds is 5. The molecule has 0 spiro atoms. The molecule has 2 aromatic carbocycles. The molecule has 1 aliphatic rings. The van der Waals surface area contributed by atoms with Gasteiger partial charge in [0.05, 0.1) is 11.9 Å². The molecule has 1 aliphatic carbocycles. The summed E-state index contributed by atoms with van der Waals surface area (Å²) < 4.78 is 40.2. The van der Waals surface area contributed by atoms with E-state index >= 15 is 0 Å². The normalized spacial score (nSPS) is 19.0. The van der Waals surface area contributed by atoms with Crippen molar-refractivity contribution in [2.24, 2.45) is 0 Å². The molecule has 0 unspecified atom stereocenters. The third-order valence-corrected chi connectivity index (χ3v) is 6.18. The number of carbonyl (C=O) groups excluding carboxylic acids is 1. The van der Waals surface area contributed by atoms with Gasteiger partial charge in [-0.3, -0.25) is 4.79 Å². The molecule has 1 heterocycles. The average molecular weight is 441 g/mol. The van der Waals surface area contributed by atoms with E-state index in [4.69, 9.17) is 0 Å². The van der Waals surface area contributed by atoms with Crippen LogP contribution in [-0.2, 0) is 17.4 Å². The Morgan fingerprint density at radius 3 is 2.38 bits per heavy atom. The van der Waals surface area contributed by atoms with E-state index in [0.29, 0.717) is 23.0 Å². The lowest BCUT2D eigenvalue weighted by Gasteiger charge is -2.37. The molecule has 0 saturated heterocycles. The topological polar surface area (TPSA) is 45.2 Å². The summed E-state index contributed by atoms with van der Waals surface area (Å²) in [7, 11) is 1.85. The lowest BCUT2D eigenvalue weighted by Crippen LogP contribution is -2.43. The number of fused-ring (bicyclic) bond motifs is 1. The first-order valence-electron chi connectivity index (χ1n) is 10.8. The van der Waals surface area contributed by atoms with E-state index in [0.717, 1.165) is 37.3 Å². The molecule has 0 atom stereocenters. The second-order valence-corrected chi connectivity index (χ2v) is 8.39. The predicted molar refractivity (Wildman–Crippen MR) is 119 cm³/mol. The molecule has 1 N–H and O–H groups in total. The Hall–Kier alpha value is -3.09. The molecule has 0 bridgehead atoms. The zero-order chi connectivity index (χ0) is 22.7. The van der Waals surface area contributed by atoms with E-state index < -0.39 is 11.9 Å². The number of para-hydroxylation sites is 1. The predicted octanol–water partition coefficient (Wildman–Crippen LogP) is 5.36. The molecule has 1 fully saturated rings. The molecule has 0 aliphatic heterocycles. The molecule has 1 amide bonds. The van der Waals surface area contributed by atoms with Gasteiger partial charge in [-0.05, 0) is 43.4 Å². The molecular formula is C25H26F3N3O. The van der Waals surface area contributed by atoms with Gasteiger partial charge < -0.3 is 10.2 Å². The van der Waals surface area contributed by atoms with E-state index in [1.54, 1.807) is 12.1 Å². The Balaban J connectivity index is 1.43. The van der Waals surface area contributed by atoms with Crippen LogP contribution in [0.3, 0.4) is 0 Å². The standard InChI is InChI=1S/C25H26F3N3O/c1-31(22-16-23(25(26,27)28)30-21-10-6-5-9-20(21)22)19-13-11-18(12-14-19)29-24(32)15-17-7-3-2-4-8-17/h2-10,16,18-19H,11-15H2,1H3,(H,29,32). The highest BCUT2D eigenvalue weighted by Gasteiger charge is 2.34. The van der Waals surface area contributed by atoms with Crippen molar-refractivity contribution in [2.45, 2.75) is 50.4 Å². The molecule has 168 valence electrons. The minimum Gasteiger partial charge on any atom is -0.371 e. The monoisotopic (exact) mass is 441 g/mol. The molecule has 1 aromatic heterocycles. The third-order valence-electron chi connectivity index (χ3n) is 6.18. The van der Waals surface area contributed by atoms with Crippen LogP contribution in [0.5, 0.6) is 0 Å². The van der Waals surface area contributed by atoms with Crippen molar-refractivity contribution >= 4 is 22.5 Å². The van der Waals surface area contributed by atoms with Gasteiger partial charge in [0.1, 0.15) is 5.69 Å². The summed E-state index contributed by atoms with van der Waals surface area (Å²) in [5, 5.41) is 3.82. The van der Waals surface area contributed by atoms with E-state index in [1.165, 1.54) is 0 Å². The number of nitrogens with one attached hydrogen (secondary N) is 1. The van der Waals surface area contributed by atoms with Crippen molar-refractivity contribution < 1.29 is 18.0 Å². The van der Waals surface area contributed by atoms with Gasteiger partial charge in [0, 0.05) is 30.2 Å². The number of pyridine rings is 1. The number of aromatic nitrogens is 1. The molecule has 7 heteroatoms. The van der Waals surface area contributed by atoms with Crippen molar-refractivity contribution in [3.63, 3.8) is 0 Å². The summed E-state index contributed by atoms with van der Waals surface area (Å²) in [6.07, 6.45) is -0.963. The minimum atomic E-state index is -4.50. The van der Waals surface area contributed by atoms with E-state index in [-0.39, 0.29) is 18.0 Å². The fourth-order valence-electron chi connectivity index (χ4n) is 4.46. The Kier molecular flexibility index (Phi) is 6.35. The molecule has 3 aromatic rings. The first-order valence-corrected chi connectivity index (χ1v) is 10.8. The van der Waals surface area contributed by atoms with Crippen molar-refractivity contribution in [2.75, 3.05) is 11.9 Å². The van der Waals surface area contributed by atoms with Crippen molar-refractivity contribution in [1.82, 2.24) is 10.3 Å². The van der Waals surface area contributed by atoms with Crippen LogP contribution in [0.4, 0.5) is 18.9 Å². The van der Waals surface area contributed by atoms with Crippen LogP contribution in [0.2, 0.25) is 0 Å². The van der Waals surface area contributed by atoms with Crippen LogP contribution in [0.25, 0.3) is 10.9 Å². The largest absolute Gasteiger partial charge is 0.433 e. The average Bonchev–Trinajstić information content (AvgIpc) is 2.78. The fraction of sp³-hybridized carbons (Fsp3) is 0.360. The zero-order valence-electron chi connectivity index (χ0n) is 17.9. The summed E-state index contributed by atoms with van der Waals surface area (Å²) in [4.78, 5) is 18.1. The SMILES string of the molecule is CN(c1cc(C(F)(F)F)nc2ccccc12)C1CCC(NC(=O)Cc2ccccc2)CC1. The first-order chi connectivity index (χ1) is 15.3. The number of hydrogen-bond donors (Lipinski definition) is 1. The van der Waals surface area contributed by atoms with Crippen LogP contribution in [0, 0.1) is 0 Å². The van der Waals surface area contributed by atoms with Crippen LogP contribution in [0.1, 0.15) is 36.9 Å². The number of carbonyl (C=O) groups is 1. The van der Waals surface area contributed by atoms with E-state index in [1.807, 2.05) is 54.4 Å². The lowest BCUT2D eigenvalue weighted by atomic mass is 9.89. The van der Waals surface area contributed by atoms with Gasteiger partial charge in [0.15, 0.2) is 0 Å². The molecule has 32 heavy (non-hydrogen) atoms. The van der Waals surface area contributed by atoms with Crippen LogP contribution in [-0.4, -0.2) is 30.0 Å². The quantitative estimate of drug-likeness (QED) is 0.580. The summed E-state index contributed by atoms with van der Waals surface area (Å²) in [5.74, 6) is 0.00273. The zero-order valence-corrected chi connectivity index (χ0v) is 17.9.